The molecular weight excluding hydrogens is 306 g/mol. The van der Waals surface area contributed by atoms with E-state index in [-0.39, 0.29) is 5.56 Å². The molecule has 2 aromatic rings. The molecule has 1 N–H and O–H groups in total. The molecule has 0 aromatic carbocycles. The third-order valence-corrected chi connectivity index (χ3v) is 3.47. The van der Waals surface area contributed by atoms with E-state index in [9.17, 15) is 4.79 Å². The molecule has 0 radical (unpaired) electrons. The Morgan fingerprint density at radius 1 is 1.37 bits per heavy atom. The Morgan fingerprint density at radius 3 is 2.79 bits per heavy atom. The van der Waals surface area contributed by atoms with Crippen molar-refractivity contribution < 1.29 is 0 Å². The fourth-order valence-electron chi connectivity index (χ4n) is 1.84. The van der Waals surface area contributed by atoms with Crippen LogP contribution in [0.4, 0.5) is 0 Å². The highest BCUT2D eigenvalue weighted by Crippen LogP contribution is 2.14. The van der Waals surface area contributed by atoms with Crippen LogP contribution in [-0.2, 0) is 12.8 Å². The van der Waals surface area contributed by atoms with Crippen LogP contribution in [0, 0.1) is 5.92 Å². The molecule has 0 aliphatic rings. The lowest BCUT2D eigenvalue weighted by atomic mass is 10.1. The van der Waals surface area contributed by atoms with Crippen LogP contribution in [0.1, 0.15) is 31.1 Å². The Kier molecular flexibility index (Phi) is 4.47. The number of hydrogen-bond acceptors (Lipinski definition) is 3. The number of halogens is 1. The van der Waals surface area contributed by atoms with Crippen molar-refractivity contribution >= 4 is 15.9 Å². The largest absolute Gasteiger partial charge is 0.309 e. The van der Waals surface area contributed by atoms with E-state index in [1.807, 2.05) is 18.2 Å². The van der Waals surface area contributed by atoms with Gasteiger partial charge in [0, 0.05) is 18.3 Å². The molecule has 0 aliphatic heterocycles. The zero-order chi connectivity index (χ0) is 13.8. The van der Waals surface area contributed by atoms with Crippen molar-refractivity contribution in [2.24, 2.45) is 5.92 Å². The van der Waals surface area contributed by atoms with Gasteiger partial charge in [-0.1, -0.05) is 19.9 Å². The lowest BCUT2D eigenvalue weighted by Crippen LogP contribution is -2.17. The maximum Gasteiger partial charge on any atom is 0.265 e. The van der Waals surface area contributed by atoms with Crippen molar-refractivity contribution in [3.8, 4) is 0 Å². The zero-order valence-electron chi connectivity index (χ0n) is 11.0. The van der Waals surface area contributed by atoms with E-state index in [4.69, 9.17) is 0 Å². The maximum absolute atomic E-state index is 11.9. The Morgan fingerprint density at radius 2 is 2.16 bits per heavy atom. The second kappa shape index (κ2) is 6.10. The number of hydrogen-bond donors (Lipinski definition) is 1. The number of nitrogens with zero attached hydrogens (tertiary/aromatic N) is 2. The van der Waals surface area contributed by atoms with E-state index in [0.29, 0.717) is 22.6 Å². The van der Waals surface area contributed by atoms with Gasteiger partial charge in [0.1, 0.15) is 10.3 Å². The lowest BCUT2D eigenvalue weighted by molar-refractivity contribution is 0.627. The molecule has 100 valence electrons. The second-order valence-electron chi connectivity index (χ2n) is 4.87. The van der Waals surface area contributed by atoms with Gasteiger partial charge >= 0.3 is 0 Å². The molecule has 0 saturated carbocycles. The monoisotopic (exact) mass is 321 g/mol. The minimum absolute atomic E-state index is 0.128. The summed E-state index contributed by atoms with van der Waals surface area (Å²) in [4.78, 5) is 23.4. The van der Waals surface area contributed by atoms with Crippen LogP contribution in [0.25, 0.3) is 0 Å². The van der Waals surface area contributed by atoms with Crippen molar-refractivity contribution in [3.63, 3.8) is 0 Å². The number of nitrogens with one attached hydrogen (secondary N) is 1. The van der Waals surface area contributed by atoms with Gasteiger partial charge in [-0.05, 0) is 40.4 Å². The van der Waals surface area contributed by atoms with Gasteiger partial charge in [-0.25, -0.2) is 4.98 Å². The molecule has 0 aliphatic carbocycles. The first-order valence-corrected chi connectivity index (χ1v) is 7.03. The number of rotatable bonds is 4. The summed E-state index contributed by atoms with van der Waals surface area (Å²) in [6.07, 6.45) is 3.05. The van der Waals surface area contributed by atoms with Crippen LogP contribution in [0.2, 0.25) is 0 Å². The SMILES string of the molecule is CC(C)Cc1nc(Cc2ccccn2)[nH]c(=O)c1Br. The summed E-state index contributed by atoms with van der Waals surface area (Å²) in [5, 5.41) is 0. The standard InChI is InChI=1S/C14H16BrN3O/c1-9(2)7-11-13(15)14(19)18-12(17-11)8-10-5-3-4-6-16-10/h3-6,9H,7-8H2,1-2H3,(H,17,18,19). The molecule has 0 amide bonds. The van der Waals surface area contributed by atoms with E-state index in [1.54, 1.807) is 6.20 Å². The highest BCUT2D eigenvalue weighted by Gasteiger charge is 2.11. The molecule has 4 nitrogen and oxygen atoms in total. The molecule has 0 fully saturated rings. The van der Waals surface area contributed by atoms with E-state index in [0.717, 1.165) is 17.8 Å². The number of aromatic amines is 1. The van der Waals surface area contributed by atoms with Crippen molar-refractivity contribution in [3.05, 3.63) is 56.4 Å². The van der Waals surface area contributed by atoms with E-state index in [2.05, 4.69) is 44.7 Å². The van der Waals surface area contributed by atoms with Crippen molar-refractivity contribution in [2.45, 2.75) is 26.7 Å². The van der Waals surface area contributed by atoms with Gasteiger partial charge in [-0.15, -0.1) is 0 Å². The summed E-state index contributed by atoms with van der Waals surface area (Å²) in [6.45, 7) is 4.21. The molecule has 0 spiro atoms. The molecule has 0 bridgehead atoms. The molecule has 2 rings (SSSR count). The topological polar surface area (TPSA) is 58.6 Å². The zero-order valence-corrected chi connectivity index (χ0v) is 12.6. The van der Waals surface area contributed by atoms with Gasteiger partial charge in [0.25, 0.3) is 5.56 Å². The van der Waals surface area contributed by atoms with Crippen LogP contribution in [0.15, 0.2) is 33.7 Å². The second-order valence-corrected chi connectivity index (χ2v) is 5.66. The Balaban J connectivity index is 2.32. The predicted molar refractivity (Wildman–Crippen MR) is 78.1 cm³/mol. The normalized spacial score (nSPS) is 10.9. The first kappa shape index (κ1) is 13.9. The minimum Gasteiger partial charge on any atom is -0.309 e. The molecule has 0 atom stereocenters. The van der Waals surface area contributed by atoms with Crippen LogP contribution < -0.4 is 5.56 Å². The maximum atomic E-state index is 11.9. The fraction of sp³-hybridized carbons (Fsp3) is 0.357. The lowest BCUT2D eigenvalue weighted by Gasteiger charge is -2.08. The Labute approximate surface area is 120 Å². The number of pyridine rings is 1. The Hall–Kier alpha value is -1.49. The third-order valence-electron chi connectivity index (χ3n) is 2.66. The van der Waals surface area contributed by atoms with Crippen molar-refractivity contribution in [1.29, 1.82) is 0 Å². The number of H-pyrrole nitrogens is 1. The van der Waals surface area contributed by atoms with Crippen LogP contribution in [0.3, 0.4) is 0 Å². The van der Waals surface area contributed by atoms with Gasteiger partial charge in [0.15, 0.2) is 0 Å². The average molecular weight is 322 g/mol. The van der Waals surface area contributed by atoms with Gasteiger partial charge in [0.2, 0.25) is 0 Å². The molecule has 0 unspecified atom stereocenters. The predicted octanol–water partition coefficient (Wildman–Crippen LogP) is 2.72. The highest BCUT2D eigenvalue weighted by molar-refractivity contribution is 9.10. The summed E-state index contributed by atoms with van der Waals surface area (Å²) in [6, 6.07) is 5.71. The van der Waals surface area contributed by atoms with Crippen LogP contribution in [0.5, 0.6) is 0 Å². The van der Waals surface area contributed by atoms with E-state index < -0.39 is 0 Å². The molecule has 2 aromatic heterocycles. The first-order chi connectivity index (χ1) is 9.06. The van der Waals surface area contributed by atoms with Gasteiger partial charge < -0.3 is 4.98 Å². The van der Waals surface area contributed by atoms with E-state index >= 15 is 0 Å². The summed E-state index contributed by atoms with van der Waals surface area (Å²) in [7, 11) is 0. The van der Waals surface area contributed by atoms with Gasteiger partial charge in [-0.3, -0.25) is 9.78 Å². The van der Waals surface area contributed by atoms with Crippen LogP contribution >= 0.6 is 15.9 Å². The van der Waals surface area contributed by atoms with Gasteiger partial charge in [-0.2, -0.15) is 0 Å². The average Bonchev–Trinajstić information content (AvgIpc) is 2.36. The summed E-state index contributed by atoms with van der Waals surface area (Å²) < 4.78 is 0.533. The van der Waals surface area contributed by atoms with Crippen LogP contribution in [-0.4, -0.2) is 15.0 Å². The molecule has 19 heavy (non-hydrogen) atoms. The molecular formula is C14H16BrN3O. The van der Waals surface area contributed by atoms with Crippen molar-refractivity contribution in [2.75, 3.05) is 0 Å². The smallest absolute Gasteiger partial charge is 0.265 e. The highest BCUT2D eigenvalue weighted by atomic mass is 79.9. The quantitative estimate of drug-likeness (QED) is 0.941. The third kappa shape index (κ3) is 3.73. The molecule has 2 heterocycles. The van der Waals surface area contributed by atoms with Crippen molar-refractivity contribution in [1.82, 2.24) is 15.0 Å². The number of aromatic nitrogens is 3. The minimum atomic E-state index is -0.128. The first-order valence-electron chi connectivity index (χ1n) is 6.23. The molecule has 5 heteroatoms. The summed E-state index contributed by atoms with van der Waals surface area (Å²) in [5.41, 5.74) is 1.57. The van der Waals surface area contributed by atoms with Gasteiger partial charge in [0.05, 0.1) is 5.69 Å². The fourth-order valence-corrected chi connectivity index (χ4v) is 2.19. The Bertz CT molecular complexity index is 608. The summed E-state index contributed by atoms with van der Waals surface area (Å²) >= 11 is 3.31. The van der Waals surface area contributed by atoms with E-state index in [1.165, 1.54) is 0 Å². The summed E-state index contributed by atoms with van der Waals surface area (Å²) in [5.74, 6) is 1.11. The molecule has 0 saturated heterocycles.